The summed E-state index contributed by atoms with van der Waals surface area (Å²) in [6.45, 7) is 1.75. The highest BCUT2D eigenvalue weighted by Gasteiger charge is 2.33. The Labute approximate surface area is 129 Å². The molecule has 0 saturated carbocycles. The first-order valence-electron chi connectivity index (χ1n) is 6.22. The van der Waals surface area contributed by atoms with Gasteiger partial charge in [0.2, 0.25) is 0 Å². The zero-order valence-corrected chi connectivity index (χ0v) is 12.5. The van der Waals surface area contributed by atoms with Crippen LogP contribution in [0.5, 0.6) is 5.75 Å². The van der Waals surface area contributed by atoms with Crippen molar-refractivity contribution in [2.24, 2.45) is 0 Å². The van der Waals surface area contributed by atoms with Gasteiger partial charge >= 0.3 is 6.36 Å². The molecule has 0 aliphatic carbocycles. The molecule has 1 N–H and O–H groups in total. The van der Waals surface area contributed by atoms with Gasteiger partial charge < -0.3 is 4.74 Å². The van der Waals surface area contributed by atoms with Crippen molar-refractivity contribution in [1.82, 2.24) is 0 Å². The Balaban J connectivity index is 2.37. The fourth-order valence-electron chi connectivity index (χ4n) is 1.71. The normalized spacial score (nSPS) is 12.0. The molecule has 0 aromatic heterocycles. The van der Waals surface area contributed by atoms with Gasteiger partial charge in [-0.1, -0.05) is 17.7 Å². The lowest BCUT2D eigenvalue weighted by molar-refractivity contribution is -0.274. The van der Waals surface area contributed by atoms with Crippen LogP contribution in [0.3, 0.4) is 0 Å². The third-order valence-electron chi connectivity index (χ3n) is 2.74. The molecular formula is C14H11F4NO3S. The minimum Gasteiger partial charge on any atom is -0.403 e. The molecule has 0 heterocycles. The summed E-state index contributed by atoms with van der Waals surface area (Å²) in [4.78, 5) is -0.148. The van der Waals surface area contributed by atoms with Gasteiger partial charge in [-0.2, -0.15) is 0 Å². The number of anilines is 1. The first-order valence-corrected chi connectivity index (χ1v) is 7.70. The van der Waals surface area contributed by atoms with Crippen molar-refractivity contribution in [1.29, 1.82) is 0 Å². The van der Waals surface area contributed by atoms with Gasteiger partial charge in [0.1, 0.15) is 5.82 Å². The van der Waals surface area contributed by atoms with Gasteiger partial charge in [0, 0.05) is 6.07 Å². The van der Waals surface area contributed by atoms with Crippen LogP contribution in [0.4, 0.5) is 23.2 Å². The molecule has 2 rings (SSSR count). The highest BCUT2D eigenvalue weighted by Crippen LogP contribution is 2.32. The van der Waals surface area contributed by atoms with E-state index in [-0.39, 0.29) is 4.90 Å². The van der Waals surface area contributed by atoms with Crippen LogP contribution >= 0.6 is 0 Å². The molecular weight excluding hydrogens is 338 g/mol. The highest BCUT2D eigenvalue weighted by atomic mass is 32.2. The van der Waals surface area contributed by atoms with Gasteiger partial charge in [-0.3, -0.25) is 4.72 Å². The van der Waals surface area contributed by atoms with E-state index >= 15 is 0 Å². The Morgan fingerprint density at radius 1 is 1.04 bits per heavy atom. The summed E-state index contributed by atoms with van der Waals surface area (Å²) < 4.78 is 80.0. The summed E-state index contributed by atoms with van der Waals surface area (Å²) in [7, 11) is -4.14. The standard InChI is InChI=1S/C14H11F4NO3S/c1-9-2-5-11(6-3-9)23(20,21)19-12-7-4-10(15)8-13(12)22-14(16,17)18/h2-8,19H,1H3. The maximum absolute atomic E-state index is 13.1. The van der Waals surface area contributed by atoms with Crippen LogP contribution < -0.4 is 9.46 Å². The number of sulfonamides is 1. The summed E-state index contributed by atoms with van der Waals surface area (Å²) >= 11 is 0. The van der Waals surface area contributed by atoms with Crippen molar-refractivity contribution in [3.8, 4) is 5.75 Å². The largest absolute Gasteiger partial charge is 0.573 e. The van der Waals surface area contributed by atoms with Gasteiger partial charge in [-0.05, 0) is 31.2 Å². The minimum atomic E-state index is -5.09. The van der Waals surface area contributed by atoms with E-state index in [2.05, 4.69) is 4.74 Å². The molecule has 4 nitrogen and oxygen atoms in total. The molecule has 2 aromatic carbocycles. The lowest BCUT2D eigenvalue weighted by Crippen LogP contribution is -2.20. The number of aryl methyl sites for hydroxylation is 1. The number of halogens is 4. The molecule has 0 aliphatic heterocycles. The predicted octanol–water partition coefficient (Wildman–Crippen LogP) is 3.83. The number of hydrogen-bond acceptors (Lipinski definition) is 3. The van der Waals surface area contributed by atoms with E-state index in [4.69, 9.17) is 0 Å². The molecule has 23 heavy (non-hydrogen) atoms. The van der Waals surface area contributed by atoms with Crippen LogP contribution in [0.25, 0.3) is 0 Å². The molecule has 0 atom stereocenters. The third kappa shape index (κ3) is 4.59. The van der Waals surface area contributed by atoms with E-state index in [1.54, 1.807) is 6.92 Å². The van der Waals surface area contributed by atoms with Gasteiger partial charge in [0.15, 0.2) is 5.75 Å². The lowest BCUT2D eigenvalue weighted by atomic mass is 10.2. The summed E-state index contributed by atoms with van der Waals surface area (Å²) in [5.74, 6) is -1.98. The van der Waals surface area contributed by atoms with Crippen LogP contribution in [-0.2, 0) is 10.0 Å². The summed E-state index contributed by atoms with van der Waals surface area (Å²) in [5.41, 5.74) is 0.288. The number of nitrogens with one attached hydrogen (secondary N) is 1. The van der Waals surface area contributed by atoms with Crippen LogP contribution in [-0.4, -0.2) is 14.8 Å². The average molecular weight is 349 g/mol. The first-order chi connectivity index (χ1) is 10.6. The molecule has 0 unspecified atom stereocenters. The zero-order chi connectivity index (χ0) is 17.3. The van der Waals surface area contributed by atoms with E-state index < -0.39 is 33.6 Å². The maximum Gasteiger partial charge on any atom is 0.573 e. The fraction of sp³-hybridized carbons (Fsp3) is 0.143. The van der Waals surface area contributed by atoms with Crippen molar-refractivity contribution in [2.45, 2.75) is 18.2 Å². The molecule has 0 bridgehead atoms. The van der Waals surface area contributed by atoms with E-state index in [1.807, 2.05) is 4.72 Å². The summed E-state index contributed by atoms with van der Waals surface area (Å²) in [5, 5.41) is 0. The summed E-state index contributed by atoms with van der Waals surface area (Å²) in [6.07, 6.45) is -5.09. The second kappa shape index (κ2) is 6.07. The average Bonchev–Trinajstić information content (AvgIpc) is 2.40. The molecule has 0 fully saturated rings. The predicted molar refractivity (Wildman–Crippen MR) is 75.1 cm³/mol. The first kappa shape index (κ1) is 17.1. The second-order valence-corrected chi connectivity index (χ2v) is 6.29. The van der Waals surface area contributed by atoms with E-state index in [9.17, 15) is 26.0 Å². The lowest BCUT2D eigenvalue weighted by Gasteiger charge is -2.15. The SMILES string of the molecule is Cc1ccc(S(=O)(=O)Nc2ccc(F)cc2OC(F)(F)F)cc1. The van der Waals surface area contributed by atoms with Crippen LogP contribution in [0.1, 0.15) is 5.56 Å². The maximum atomic E-state index is 13.1. The summed E-state index contributed by atoms with van der Waals surface area (Å²) in [6, 6.07) is 7.77. The molecule has 0 radical (unpaired) electrons. The van der Waals surface area contributed by atoms with E-state index in [0.29, 0.717) is 6.07 Å². The Morgan fingerprint density at radius 2 is 1.65 bits per heavy atom. The van der Waals surface area contributed by atoms with Crippen LogP contribution in [0.15, 0.2) is 47.4 Å². The van der Waals surface area contributed by atoms with Crippen molar-refractivity contribution < 1.29 is 30.7 Å². The van der Waals surface area contributed by atoms with Gasteiger partial charge in [0.25, 0.3) is 10.0 Å². The third-order valence-corrected chi connectivity index (χ3v) is 4.13. The second-order valence-electron chi connectivity index (χ2n) is 4.61. The minimum absolute atomic E-state index is 0.148. The van der Waals surface area contributed by atoms with Crippen LogP contribution in [0.2, 0.25) is 0 Å². The Morgan fingerprint density at radius 3 is 2.22 bits per heavy atom. The van der Waals surface area contributed by atoms with E-state index in [1.165, 1.54) is 24.3 Å². The topological polar surface area (TPSA) is 55.4 Å². The van der Waals surface area contributed by atoms with Gasteiger partial charge in [-0.15, -0.1) is 13.2 Å². The van der Waals surface area contributed by atoms with Crippen molar-refractivity contribution in [3.05, 3.63) is 53.8 Å². The van der Waals surface area contributed by atoms with Crippen molar-refractivity contribution in [2.75, 3.05) is 4.72 Å². The Bertz CT molecular complexity index is 802. The van der Waals surface area contributed by atoms with E-state index in [0.717, 1.165) is 17.7 Å². The number of rotatable bonds is 4. The van der Waals surface area contributed by atoms with Crippen LogP contribution in [0, 0.1) is 12.7 Å². The smallest absolute Gasteiger partial charge is 0.403 e. The molecule has 2 aromatic rings. The molecule has 0 saturated heterocycles. The van der Waals surface area contributed by atoms with Gasteiger partial charge in [0.05, 0.1) is 10.6 Å². The molecule has 9 heteroatoms. The number of benzene rings is 2. The number of hydrogen-bond donors (Lipinski definition) is 1. The van der Waals surface area contributed by atoms with Crippen molar-refractivity contribution in [3.63, 3.8) is 0 Å². The zero-order valence-electron chi connectivity index (χ0n) is 11.7. The number of alkyl halides is 3. The molecule has 0 amide bonds. The molecule has 124 valence electrons. The Hall–Kier alpha value is -2.29. The number of ether oxygens (including phenoxy) is 1. The monoisotopic (exact) mass is 349 g/mol. The Kier molecular flexibility index (Phi) is 4.51. The molecule has 0 aliphatic rings. The molecule has 0 spiro atoms. The van der Waals surface area contributed by atoms with Crippen molar-refractivity contribution >= 4 is 15.7 Å². The fourth-order valence-corrected chi connectivity index (χ4v) is 2.78. The highest BCUT2D eigenvalue weighted by molar-refractivity contribution is 7.92. The quantitative estimate of drug-likeness (QED) is 0.854. The van der Waals surface area contributed by atoms with Gasteiger partial charge in [-0.25, -0.2) is 12.8 Å².